The Hall–Kier alpha value is -2.34. The average molecular weight is 407 g/mol. The standard InChI is InChI=1S/C19H19BrO5/c1-4-23-19(22)14-7-5-6-8-16(14)25-18(21)13-9-10-17(15(20)11-13)24-12(2)3/h5-12H,4H2,1-3H3. The SMILES string of the molecule is CCOC(=O)c1ccccc1OC(=O)c1ccc(OC(C)C)c(Br)c1. The van der Waals surface area contributed by atoms with Crippen molar-refractivity contribution in [3.8, 4) is 11.5 Å². The first-order valence-electron chi connectivity index (χ1n) is 7.87. The number of hydrogen-bond donors (Lipinski definition) is 0. The minimum Gasteiger partial charge on any atom is -0.490 e. The van der Waals surface area contributed by atoms with Gasteiger partial charge in [-0.1, -0.05) is 12.1 Å². The second-order valence-corrected chi connectivity index (χ2v) is 6.27. The monoisotopic (exact) mass is 406 g/mol. The maximum atomic E-state index is 12.4. The normalized spacial score (nSPS) is 10.4. The van der Waals surface area contributed by atoms with Gasteiger partial charge in [-0.15, -0.1) is 0 Å². The van der Waals surface area contributed by atoms with Crippen LogP contribution in [-0.4, -0.2) is 24.6 Å². The van der Waals surface area contributed by atoms with Crippen LogP contribution in [-0.2, 0) is 4.74 Å². The van der Waals surface area contributed by atoms with Crippen molar-refractivity contribution in [2.24, 2.45) is 0 Å². The zero-order chi connectivity index (χ0) is 18.4. The fraction of sp³-hybridized carbons (Fsp3) is 0.263. The quantitative estimate of drug-likeness (QED) is 0.516. The summed E-state index contributed by atoms with van der Waals surface area (Å²) in [5, 5.41) is 0. The molecule has 0 bridgehead atoms. The molecule has 6 heteroatoms. The minimum absolute atomic E-state index is 0.0190. The number of rotatable bonds is 6. The van der Waals surface area contributed by atoms with E-state index in [0.717, 1.165) is 0 Å². The van der Waals surface area contributed by atoms with Crippen LogP contribution in [0.1, 0.15) is 41.5 Å². The Bertz CT molecular complexity index is 770. The summed E-state index contributed by atoms with van der Waals surface area (Å²) in [7, 11) is 0. The third kappa shape index (κ3) is 5.06. The van der Waals surface area contributed by atoms with Crippen LogP contribution in [0.2, 0.25) is 0 Å². The number of esters is 2. The van der Waals surface area contributed by atoms with Gasteiger partial charge in [-0.05, 0) is 67.0 Å². The largest absolute Gasteiger partial charge is 0.490 e. The van der Waals surface area contributed by atoms with Crippen molar-refractivity contribution in [1.29, 1.82) is 0 Å². The summed E-state index contributed by atoms with van der Waals surface area (Å²) in [5.41, 5.74) is 0.540. The molecule has 0 unspecified atom stereocenters. The van der Waals surface area contributed by atoms with E-state index >= 15 is 0 Å². The Labute approximate surface area is 155 Å². The molecule has 0 aromatic heterocycles. The highest BCUT2D eigenvalue weighted by Crippen LogP contribution is 2.28. The number of hydrogen-bond acceptors (Lipinski definition) is 5. The molecule has 0 fully saturated rings. The Morgan fingerprint density at radius 2 is 1.76 bits per heavy atom. The van der Waals surface area contributed by atoms with Crippen molar-refractivity contribution in [3.05, 3.63) is 58.1 Å². The van der Waals surface area contributed by atoms with Crippen molar-refractivity contribution >= 4 is 27.9 Å². The van der Waals surface area contributed by atoms with Gasteiger partial charge in [-0.25, -0.2) is 9.59 Å². The maximum absolute atomic E-state index is 12.4. The summed E-state index contributed by atoms with van der Waals surface area (Å²) in [6, 6.07) is 11.4. The third-order valence-electron chi connectivity index (χ3n) is 3.12. The van der Waals surface area contributed by atoms with Gasteiger partial charge < -0.3 is 14.2 Å². The highest BCUT2D eigenvalue weighted by atomic mass is 79.9. The fourth-order valence-electron chi connectivity index (χ4n) is 2.07. The Balaban J connectivity index is 2.20. The fourth-order valence-corrected chi connectivity index (χ4v) is 2.54. The topological polar surface area (TPSA) is 61.8 Å². The summed E-state index contributed by atoms with van der Waals surface area (Å²) in [6.07, 6.45) is 0.0190. The summed E-state index contributed by atoms with van der Waals surface area (Å²) in [5.74, 6) is -0.315. The molecule has 132 valence electrons. The average Bonchev–Trinajstić information content (AvgIpc) is 2.57. The lowest BCUT2D eigenvalue weighted by molar-refractivity contribution is 0.0520. The molecule has 0 atom stereocenters. The lowest BCUT2D eigenvalue weighted by Crippen LogP contribution is -2.13. The van der Waals surface area contributed by atoms with Gasteiger partial charge in [0.2, 0.25) is 0 Å². The molecule has 2 aromatic rings. The van der Waals surface area contributed by atoms with Gasteiger partial charge in [-0.2, -0.15) is 0 Å². The third-order valence-corrected chi connectivity index (χ3v) is 3.74. The van der Waals surface area contributed by atoms with Gasteiger partial charge >= 0.3 is 11.9 Å². The van der Waals surface area contributed by atoms with Gasteiger partial charge in [0.1, 0.15) is 17.1 Å². The molecular formula is C19H19BrO5. The first-order valence-corrected chi connectivity index (χ1v) is 8.66. The van der Waals surface area contributed by atoms with Crippen LogP contribution in [0, 0.1) is 0 Å². The predicted molar refractivity (Wildman–Crippen MR) is 97.3 cm³/mol. The van der Waals surface area contributed by atoms with E-state index in [1.165, 1.54) is 0 Å². The zero-order valence-corrected chi connectivity index (χ0v) is 15.8. The highest BCUT2D eigenvalue weighted by molar-refractivity contribution is 9.10. The van der Waals surface area contributed by atoms with Crippen LogP contribution in [0.5, 0.6) is 11.5 Å². The summed E-state index contributed by atoms with van der Waals surface area (Å²) < 4.78 is 16.6. The van der Waals surface area contributed by atoms with Gasteiger partial charge in [0.15, 0.2) is 0 Å². The number of para-hydroxylation sites is 1. The van der Waals surface area contributed by atoms with Crippen LogP contribution in [0.4, 0.5) is 0 Å². The van der Waals surface area contributed by atoms with Crippen molar-refractivity contribution in [1.82, 2.24) is 0 Å². The smallest absolute Gasteiger partial charge is 0.343 e. The molecule has 25 heavy (non-hydrogen) atoms. The summed E-state index contributed by atoms with van der Waals surface area (Å²) in [6.45, 7) is 5.79. The second kappa shape index (κ2) is 8.67. The lowest BCUT2D eigenvalue weighted by atomic mass is 10.2. The van der Waals surface area contributed by atoms with Gasteiger partial charge in [0.25, 0.3) is 0 Å². The van der Waals surface area contributed by atoms with Crippen molar-refractivity contribution < 1.29 is 23.8 Å². The van der Waals surface area contributed by atoms with Gasteiger partial charge in [0.05, 0.1) is 22.7 Å². The highest BCUT2D eigenvalue weighted by Gasteiger charge is 2.18. The molecule has 0 saturated heterocycles. The number of ether oxygens (including phenoxy) is 3. The lowest BCUT2D eigenvalue weighted by Gasteiger charge is -2.13. The molecule has 0 radical (unpaired) electrons. The van der Waals surface area contributed by atoms with Crippen molar-refractivity contribution in [3.63, 3.8) is 0 Å². The molecule has 0 aliphatic carbocycles. The van der Waals surface area contributed by atoms with Crippen LogP contribution in [0.3, 0.4) is 0 Å². The van der Waals surface area contributed by atoms with Crippen LogP contribution >= 0.6 is 15.9 Å². The van der Waals surface area contributed by atoms with E-state index in [1.807, 2.05) is 13.8 Å². The first-order chi connectivity index (χ1) is 11.9. The van der Waals surface area contributed by atoms with Crippen LogP contribution in [0.25, 0.3) is 0 Å². The molecule has 0 aliphatic heterocycles. The molecule has 5 nitrogen and oxygen atoms in total. The van der Waals surface area contributed by atoms with Gasteiger partial charge in [-0.3, -0.25) is 0 Å². The maximum Gasteiger partial charge on any atom is 0.343 e. The van der Waals surface area contributed by atoms with Gasteiger partial charge in [0, 0.05) is 0 Å². The minimum atomic E-state index is -0.575. The predicted octanol–water partition coefficient (Wildman–Crippen LogP) is 4.63. The summed E-state index contributed by atoms with van der Waals surface area (Å²) >= 11 is 3.38. The van der Waals surface area contributed by atoms with E-state index in [0.29, 0.717) is 15.8 Å². The Kier molecular flexibility index (Phi) is 6.58. The molecule has 0 saturated carbocycles. The molecule has 0 aliphatic rings. The Morgan fingerprint density at radius 3 is 2.40 bits per heavy atom. The van der Waals surface area contributed by atoms with E-state index in [2.05, 4.69) is 15.9 Å². The van der Waals surface area contributed by atoms with E-state index < -0.39 is 11.9 Å². The molecule has 0 N–H and O–H groups in total. The number of carbonyl (C=O) groups is 2. The first kappa shape index (κ1) is 19.0. The Morgan fingerprint density at radius 1 is 1.04 bits per heavy atom. The number of halogens is 1. The molecule has 0 heterocycles. The molecule has 2 aromatic carbocycles. The number of carbonyl (C=O) groups excluding carboxylic acids is 2. The van der Waals surface area contributed by atoms with Crippen molar-refractivity contribution in [2.45, 2.75) is 26.9 Å². The van der Waals surface area contributed by atoms with E-state index in [1.54, 1.807) is 49.4 Å². The molecular weight excluding hydrogens is 388 g/mol. The zero-order valence-electron chi connectivity index (χ0n) is 14.2. The van der Waals surface area contributed by atoms with Crippen LogP contribution in [0.15, 0.2) is 46.9 Å². The molecule has 2 rings (SSSR count). The van der Waals surface area contributed by atoms with E-state index in [-0.39, 0.29) is 24.0 Å². The second-order valence-electron chi connectivity index (χ2n) is 5.42. The number of benzene rings is 2. The molecule has 0 spiro atoms. The van der Waals surface area contributed by atoms with Crippen LogP contribution < -0.4 is 9.47 Å². The summed E-state index contributed by atoms with van der Waals surface area (Å²) in [4.78, 5) is 24.3. The van der Waals surface area contributed by atoms with E-state index in [4.69, 9.17) is 14.2 Å². The van der Waals surface area contributed by atoms with E-state index in [9.17, 15) is 9.59 Å². The molecule has 0 amide bonds. The van der Waals surface area contributed by atoms with Crippen molar-refractivity contribution in [2.75, 3.05) is 6.61 Å².